The molecule has 0 saturated heterocycles. The normalized spacial score (nSPS) is 11.6. The Morgan fingerprint density at radius 1 is 1.33 bits per heavy atom. The highest BCUT2D eigenvalue weighted by atomic mass is 35.5. The second-order valence-electron chi connectivity index (χ2n) is 4.85. The summed E-state index contributed by atoms with van der Waals surface area (Å²) in [5, 5.41) is 0.711. The van der Waals surface area contributed by atoms with Gasteiger partial charge < -0.3 is 15.2 Å². The van der Waals surface area contributed by atoms with Crippen LogP contribution in [0.15, 0.2) is 18.2 Å². The summed E-state index contributed by atoms with van der Waals surface area (Å²) in [5.74, 6) is 0.858. The monoisotopic (exact) mass is 271 g/mol. The molecule has 0 radical (unpaired) electrons. The molecule has 0 unspecified atom stereocenters. The third-order valence-corrected chi connectivity index (χ3v) is 3.19. The topological polar surface area (TPSA) is 44.5 Å². The fraction of sp³-hybridized carbons (Fsp3) is 0.571. The molecule has 0 amide bonds. The maximum Gasteiger partial charge on any atom is 0.122 e. The van der Waals surface area contributed by atoms with Gasteiger partial charge in [0, 0.05) is 18.6 Å². The molecule has 0 fully saturated rings. The van der Waals surface area contributed by atoms with Gasteiger partial charge in [0.1, 0.15) is 5.75 Å². The fourth-order valence-corrected chi connectivity index (χ4v) is 1.74. The van der Waals surface area contributed by atoms with Crippen LogP contribution in [0.1, 0.15) is 25.8 Å². The van der Waals surface area contributed by atoms with Gasteiger partial charge in [0.2, 0.25) is 0 Å². The molecule has 18 heavy (non-hydrogen) atoms. The van der Waals surface area contributed by atoms with E-state index in [0.717, 1.165) is 24.2 Å². The number of hydrogen-bond donors (Lipinski definition) is 1. The summed E-state index contributed by atoms with van der Waals surface area (Å²) >= 11 is 5.97. The van der Waals surface area contributed by atoms with E-state index < -0.39 is 0 Å². The zero-order valence-corrected chi connectivity index (χ0v) is 12.1. The Balaban J connectivity index is 2.61. The first kappa shape index (κ1) is 15.3. The van der Waals surface area contributed by atoms with Gasteiger partial charge in [0.15, 0.2) is 0 Å². The van der Waals surface area contributed by atoms with Crippen molar-refractivity contribution in [3.05, 3.63) is 28.8 Å². The van der Waals surface area contributed by atoms with Crippen molar-refractivity contribution in [3.8, 4) is 5.75 Å². The number of hydrogen-bond acceptors (Lipinski definition) is 3. The van der Waals surface area contributed by atoms with E-state index in [0.29, 0.717) is 18.2 Å². The predicted octanol–water partition coefficient (Wildman–Crippen LogP) is 3.04. The van der Waals surface area contributed by atoms with E-state index >= 15 is 0 Å². The molecular formula is C14H22ClNO2. The van der Waals surface area contributed by atoms with Gasteiger partial charge in [0.25, 0.3) is 0 Å². The van der Waals surface area contributed by atoms with Crippen molar-refractivity contribution in [1.29, 1.82) is 0 Å². The molecule has 4 heteroatoms. The van der Waals surface area contributed by atoms with E-state index in [-0.39, 0.29) is 5.60 Å². The van der Waals surface area contributed by atoms with Crippen LogP contribution in [0.25, 0.3) is 0 Å². The molecule has 0 spiro atoms. The van der Waals surface area contributed by atoms with Crippen molar-refractivity contribution < 1.29 is 9.47 Å². The summed E-state index contributed by atoms with van der Waals surface area (Å²) in [7, 11) is 1.71. The van der Waals surface area contributed by atoms with Crippen LogP contribution in [0, 0.1) is 0 Å². The Morgan fingerprint density at radius 3 is 2.67 bits per heavy atom. The van der Waals surface area contributed by atoms with Gasteiger partial charge in [-0.15, -0.1) is 0 Å². The lowest BCUT2D eigenvalue weighted by Crippen LogP contribution is -2.25. The van der Waals surface area contributed by atoms with E-state index in [4.69, 9.17) is 26.8 Å². The molecule has 0 aromatic heterocycles. The van der Waals surface area contributed by atoms with E-state index in [2.05, 4.69) is 0 Å². The van der Waals surface area contributed by atoms with Gasteiger partial charge in [-0.1, -0.05) is 11.6 Å². The zero-order valence-electron chi connectivity index (χ0n) is 11.3. The molecule has 0 saturated carbocycles. The SMILES string of the molecule is COC(C)(C)CCOc1ccc(Cl)cc1CCN. The lowest BCUT2D eigenvalue weighted by Gasteiger charge is -2.23. The maximum atomic E-state index is 5.97. The molecule has 102 valence electrons. The Morgan fingerprint density at radius 2 is 2.06 bits per heavy atom. The molecule has 2 N–H and O–H groups in total. The van der Waals surface area contributed by atoms with Crippen LogP contribution in [0.5, 0.6) is 5.75 Å². The van der Waals surface area contributed by atoms with Crippen LogP contribution in [0.2, 0.25) is 5.02 Å². The van der Waals surface area contributed by atoms with Crippen molar-refractivity contribution in [2.75, 3.05) is 20.3 Å². The number of benzene rings is 1. The van der Waals surface area contributed by atoms with Gasteiger partial charge >= 0.3 is 0 Å². The molecule has 1 aromatic carbocycles. The Bertz CT molecular complexity index is 380. The lowest BCUT2D eigenvalue weighted by atomic mass is 10.1. The molecule has 0 aliphatic rings. The highest BCUT2D eigenvalue weighted by Crippen LogP contribution is 2.24. The van der Waals surface area contributed by atoms with Crippen molar-refractivity contribution in [3.63, 3.8) is 0 Å². The van der Waals surface area contributed by atoms with Crippen LogP contribution in [-0.2, 0) is 11.2 Å². The fourth-order valence-electron chi connectivity index (χ4n) is 1.55. The Kier molecular flexibility index (Phi) is 5.93. The molecule has 0 aliphatic heterocycles. The van der Waals surface area contributed by atoms with Crippen LogP contribution in [0.4, 0.5) is 0 Å². The second kappa shape index (κ2) is 6.98. The number of methoxy groups -OCH3 is 1. The molecule has 3 nitrogen and oxygen atoms in total. The largest absolute Gasteiger partial charge is 0.493 e. The summed E-state index contributed by atoms with van der Waals surface area (Å²) in [6, 6.07) is 5.64. The highest BCUT2D eigenvalue weighted by Gasteiger charge is 2.16. The van der Waals surface area contributed by atoms with E-state index in [9.17, 15) is 0 Å². The highest BCUT2D eigenvalue weighted by molar-refractivity contribution is 6.30. The van der Waals surface area contributed by atoms with Crippen molar-refractivity contribution in [2.24, 2.45) is 5.73 Å². The minimum Gasteiger partial charge on any atom is -0.493 e. The Labute approximate surface area is 114 Å². The van der Waals surface area contributed by atoms with Crippen molar-refractivity contribution in [2.45, 2.75) is 32.3 Å². The van der Waals surface area contributed by atoms with Crippen LogP contribution >= 0.6 is 11.6 Å². The molecule has 1 aromatic rings. The number of rotatable bonds is 7. The van der Waals surface area contributed by atoms with Crippen LogP contribution in [0.3, 0.4) is 0 Å². The smallest absolute Gasteiger partial charge is 0.122 e. The third-order valence-electron chi connectivity index (χ3n) is 2.95. The zero-order chi connectivity index (χ0) is 13.6. The minimum absolute atomic E-state index is 0.166. The van der Waals surface area contributed by atoms with Gasteiger partial charge in [0.05, 0.1) is 12.2 Å². The molecular weight excluding hydrogens is 250 g/mol. The Hall–Kier alpha value is -0.770. The summed E-state index contributed by atoms with van der Waals surface area (Å²) < 4.78 is 11.1. The van der Waals surface area contributed by atoms with E-state index in [1.807, 2.05) is 32.0 Å². The maximum absolute atomic E-state index is 5.97. The number of nitrogens with two attached hydrogens (primary N) is 1. The molecule has 0 atom stereocenters. The quantitative estimate of drug-likeness (QED) is 0.829. The molecule has 0 bridgehead atoms. The van der Waals surface area contributed by atoms with Gasteiger partial charge in [-0.25, -0.2) is 0 Å². The molecule has 0 heterocycles. The van der Waals surface area contributed by atoms with Crippen LogP contribution < -0.4 is 10.5 Å². The standard InChI is InChI=1S/C14H22ClNO2/c1-14(2,17-3)7-9-18-13-5-4-12(15)10-11(13)6-8-16/h4-5,10H,6-9,16H2,1-3H3. The second-order valence-corrected chi connectivity index (χ2v) is 5.29. The minimum atomic E-state index is -0.166. The van der Waals surface area contributed by atoms with Gasteiger partial charge in [-0.2, -0.15) is 0 Å². The van der Waals surface area contributed by atoms with E-state index in [1.165, 1.54) is 0 Å². The summed E-state index contributed by atoms with van der Waals surface area (Å²) in [5.41, 5.74) is 6.47. The molecule has 0 aliphatic carbocycles. The van der Waals surface area contributed by atoms with Crippen LogP contribution in [-0.4, -0.2) is 25.9 Å². The van der Waals surface area contributed by atoms with E-state index in [1.54, 1.807) is 7.11 Å². The summed E-state index contributed by atoms with van der Waals surface area (Å²) in [6.45, 7) is 5.28. The van der Waals surface area contributed by atoms with Crippen molar-refractivity contribution in [1.82, 2.24) is 0 Å². The first-order valence-electron chi connectivity index (χ1n) is 6.15. The first-order valence-corrected chi connectivity index (χ1v) is 6.53. The predicted molar refractivity (Wildman–Crippen MR) is 75.4 cm³/mol. The number of ether oxygens (including phenoxy) is 2. The average molecular weight is 272 g/mol. The average Bonchev–Trinajstić information content (AvgIpc) is 2.32. The third kappa shape index (κ3) is 4.84. The summed E-state index contributed by atoms with van der Waals surface area (Å²) in [4.78, 5) is 0. The number of halogens is 1. The van der Waals surface area contributed by atoms with Gasteiger partial charge in [-0.05, 0) is 50.6 Å². The van der Waals surface area contributed by atoms with Crippen molar-refractivity contribution >= 4 is 11.6 Å². The van der Waals surface area contributed by atoms with Gasteiger partial charge in [-0.3, -0.25) is 0 Å². The first-order chi connectivity index (χ1) is 8.48. The summed E-state index contributed by atoms with van der Waals surface area (Å²) in [6.07, 6.45) is 1.59. The lowest BCUT2D eigenvalue weighted by molar-refractivity contribution is 0.00538. The molecule has 1 rings (SSSR count).